The van der Waals surface area contributed by atoms with Gasteiger partial charge in [0.25, 0.3) is 0 Å². The van der Waals surface area contributed by atoms with Gasteiger partial charge in [-0.3, -0.25) is 4.79 Å². The van der Waals surface area contributed by atoms with Crippen molar-refractivity contribution in [1.82, 2.24) is 9.62 Å². The van der Waals surface area contributed by atoms with Crippen LogP contribution < -0.4 is 14.8 Å². The number of piperazine rings is 1. The van der Waals surface area contributed by atoms with Crippen molar-refractivity contribution in [2.45, 2.75) is 17.9 Å². The van der Waals surface area contributed by atoms with Gasteiger partial charge in [-0.25, -0.2) is 8.42 Å². The van der Waals surface area contributed by atoms with Crippen LogP contribution in [0.3, 0.4) is 0 Å². The first-order valence-electron chi connectivity index (χ1n) is 8.72. The van der Waals surface area contributed by atoms with Crippen molar-refractivity contribution in [3.05, 3.63) is 53.6 Å². The first-order chi connectivity index (χ1) is 13.0. The normalized spacial score (nSPS) is 20.2. The third kappa shape index (κ3) is 3.26. The van der Waals surface area contributed by atoms with E-state index in [0.29, 0.717) is 30.3 Å². The molecule has 0 aromatic heterocycles. The molecule has 7 nitrogen and oxygen atoms in total. The molecule has 2 aromatic carbocycles. The van der Waals surface area contributed by atoms with Gasteiger partial charge in [-0.2, -0.15) is 4.31 Å². The topological polar surface area (TPSA) is 84.9 Å². The summed E-state index contributed by atoms with van der Waals surface area (Å²) in [6.07, 6.45) is 0. The summed E-state index contributed by atoms with van der Waals surface area (Å²) in [6, 6.07) is 10.9. The van der Waals surface area contributed by atoms with Crippen LogP contribution in [0.4, 0.5) is 0 Å². The Hall–Kier alpha value is -2.58. The molecule has 0 spiro atoms. The highest BCUT2D eigenvalue weighted by atomic mass is 32.2. The first-order valence-corrected chi connectivity index (χ1v) is 10.2. The number of ether oxygens (including phenoxy) is 2. The van der Waals surface area contributed by atoms with E-state index < -0.39 is 16.1 Å². The third-order valence-electron chi connectivity index (χ3n) is 4.68. The Morgan fingerprint density at radius 1 is 1.04 bits per heavy atom. The number of nitrogens with one attached hydrogen (secondary N) is 1. The molecule has 1 fully saturated rings. The minimum atomic E-state index is -3.90. The van der Waals surface area contributed by atoms with Gasteiger partial charge in [-0.05, 0) is 24.6 Å². The molecule has 2 heterocycles. The number of hydrogen-bond acceptors (Lipinski definition) is 5. The summed E-state index contributed by atoms with van der Waals surface area (Å²) >= 11 is 0. The van der Waals surface area contributed by atoms with Crippen LogP contribution in [-0.4, -0.2) is 44.9 Å². The minimum absolute atomic E-state index is 0.0820. The molecule has 1 unspecified atom stereocenters. The summed E-state index contributed by atoms with van der Waals surface area (Å²) in [5.74, 6) is 0.591. The zero-order chi connectivity index (χ0) is 19.0. The molecule has 1 amide bonds. The van der Waals surface area contributed by atoms with E-state index in [4.69, 9.17) is 9.47 Å². The summed E-state index contributed by atoms with van der Waals surface area (Å²) in [5, 5.41) is 2.76. The molecule has 0 saturated carbocycles. The monoisotopic (exact) mass is 388 g/mol. The predicted molar refractivity (Wildman–Crippen MR) is 98.3 cm³/mol. The Balaban J connectivity index is 1.74. The summed E-state index contributed by atoms with van der Waals surface area (Å²) < 4.78 is 38.9. The maximum Gasteiger partial charge on any atom is 0.244 e. The number of aryl methyl sites for hydroxylation is 1. The molecule has 4 rings (SSSR count). The summed E-state index contributed by atoms with van der Waals surface area (Å²) in [5.41, 5.74) is 1.68. The van der Waals surface area contributed by atoms with E-state index in [-0.39, 0.29) is 23.9 Å². The van der Waals surface area contributed by atoms with Crippen LogP contribution >= 0.6 is 0 Å². The van der Waals surface area contributed by atoms with Crippen molar-refractivity contribution in [3.8, 4) is 11.5 Å². The highest BCUT2D eigenvalue weighted by Gasteiger charge is 2.39. The van der Waals surface area contributed by atoms with E-state index in [0.717, 1.165) is 5.56 Å². The number of nitrogens with zero attached hydrogens (tertiary/aromatic N) is 1. The number of fused-ring (bicyclic) bond motifs is 1. The smallest absolute Gasteiger partial charge is 0.244 e. The average molecular weight is 388 g/mol. The molecular weight excluding hydrogens is 368 g/mol. The van der Waals surface area contributed by atoms with Crippen molar-refractivity contribution in [2.24, 2.45) is 0 Å². The zero-order valence-corrected chi connectivity index (χ0v) is 15.7. The Kier molecular flexibility index (Phi) is 4.53. The van der Waals surface area contributed by atoms with Gasteiger partial charge in [0.2, 0.25) is 15.9 Å². The van der Waals surface area contributed by atoms with Gasteiger partial charge in [0.1, 0.15) is 19.3 Å². The van der Waals surface area contributed by atoms with Crippen molar-refractivity contribution in [3.63, 3.8) is 0 Å². The maximum atomic E-state index is 13.3. The SMILES string of the molecule is Cc1ccc(C2C(=O)NCCN2S(=O)(=O)c2ccc3c(c2)OCCO3)cc1. The van der Waals surface area contributed by atoms with Crippen LogP contribution in [0.25, 0.3) is 0 Å². The standard InChI is InChI=1S/C19H20N2O5S/c1-13-2-4-14(5-3-13)18-19(22)20-8-9-21(18)27(23,24)15-6-7-16-17(12-15)26-11-10-25-16/h2-7,12,18H,8-11H2,1H3,(H,20,22). The highest BCUT2D eigenvalue weighted by Crippen LogP contribution is 2.35. The molecule has 1 N–H and O–H groups in total. The Labute approximate surface area is 157 Å². The molecule has 2 aliphatic heterocycles. The molecule has 27 heavy (non-hydrogen) atoms. The van der Waals surface area contributed by atoms with E-state index in [1.807, 2.05) is 19.1 Å². The molecule has 1 atom stereocenters. The summed E-state index contributed by atoms with van der Waals surface area (Å²) in [7, 11) is -3.90. The number of carbonyl (C=O) groups is 1. The number of benzene rings is 2. The lowest BCUT2D eigenvalue weighted by molar-refractivity contribution is -0.126. The van der Waals surface area contributed by atoms with Crippen molar-refractivity contribution >= 4 is 15.9 Å². The lowest BCUT2D eigenvalue weighted by Crippen LogP contribution is -2.52. The van der Waals surface area contributed by atoms with Gasteiger partial charge in [0.05, 0.1) is 4.90 Å². The number of hydrogen-bond donors (Lipinski definition) is 1. The maximum absolute atomic E-state index is 13.3. The van der Waals surface area contributed by atoms with E-state index in [2.05, 4.69) is 5.32 Å². The van der Waals surface area contributed by atoms with Crippen LogP contribution in [0.15, 0.2) is 47.4 Å². The van der Waals surface area contributed by atoms with Gasteiger partial charge in [-0.15, -0.1) is 0 Å². The van der Waals surface area contributed by atoms with Gasteiger partial charge in [-0.1, -0.05) is 29.8 Å². The van der Waals surface area contributed by atoms with Gasteiger partial charge >= 0.3 is 0 Å². The molecule has 0 aliphatic carbocycles. The number of amides is 1. The third-order valence-corrected chi connectivity index (χ3v) is 6.54. The van der Waals surface area contributed by atoms with Gasteiger partial charge < -0.3 is 14.8 Å². The molecule has 0 bridgehead atoms. The van der Waals surface area contributed by atoms with Crippen LogP contribution in [0.5, 0.6) is 11.5 Å². The summed E-state index contributed by atoms with van der Waals surface area (Å²) in [4.78, 5) is 12.6. The Morgan fingerprint density at radius 2 is 1.74 bits per heavy atom. The van der Waals surface area contributed by atoms with E-state index >= 15 is 0 Å². The molecular formula is C19H20N2O5S. The molecule has 1 saturated heterocycles. The molecule has 0 radical (unpaired) electrons. The second-order valence-corrected chi connectivity index (χ2v) is 8.42. The lowest BCUT2D eigenvalue weighted by atomic mass is 10.0. The predicted octanol–water partition coefficient (Wildman–Crippen LogP) is 1.63. The van der Waals surface area contributed by atoms with E-state index in [1.165, 1.54) is 16.4 Å². The fraction of sp³-hybridized carbons (Fsp3) is 0.316. The Morgan fingerprint density at radius 3 is 2.48 bits per heavy atom. The van der Waals surface area contributed by atoms with Crippen molar-refractivity contribution < 1.29 is 22.7 Å². The zero-order valence-electron chi connectivity index (χ0n) is 14.8. The molecule has 2 aliphatic rings. The first kappa shape index (κ1) is 17.8. The molecule has 142 valence electrons. The molecule has 8 heteroatoms. The van der Waals surface area contributed by atoms with E-state index in [1.54, 1.807) is 18.2 Å². The number of carbonyl (C=O) groups excluding carboxylic acids is 1. The van der Waals surface area contributed by atoms with Crippen LogP contribution in [0.1, 0.15) is 17.2 Å². The van der Waals surface area contributed by atoms with Crippen LogP contribution in [0, 0.1) is 6.92 Å². The lowest BCUT2D eigenvalue weighted by Gasteiger charge is -2.34. The Bertz CT molecular complexity index is 972. The number of rotatable bonds is 3. The fourth-order valence-electron chi connectivity index (χ4n) is 3.29. The van der Waals surface area contributed by atoms with Crippen LogP contribution in [0.2, 0.25) is 0 Å². The second-order valence-electron chi connectivity index (χ2n) is 6.53. The highest BCUT2D eigenvalue weighted by molar-refractivity contribution is 7.89. The summed E-state index contributed by atoms with van der Waals surface area (Å²) in [6.45, 7) is 3.20. The van der Waals surface area contributed by atoms with E-state index in [9.17, 15) is 13.2 Å². The van der Waals surface area contributed by atoms with Gasteiger partial charge in [0.15, 0.2) is 11.5 Å². The second kappa shape index (κ2) is 6.86. The number of sulfonamides is 1. The fourth-order valence-corrected chi connectivity index (χ4v) is 4.88. The average Bonchev–Trinajstić information content (AvgIpc) is 2.68. The molecule has 2 aromatic rings. The van der Waals surface area contributed by atoms with Crippen LogP contribution in [-0.2, 0) is 14.8 Å². The minimum Gasteiger partial charge on any atom is -0.486 e. The van der Waals surface area contributed by atoms with Crippen molar-refractivity contribution in [1.29, 1.82) is 0 Å². The van der Waals surface area contributed by atoms with Crippen molar-refractivity contribution in [2.75, 3.05) is 26.3 Å². The largest absolute Gasteiger partial charge is 0.486 e. The van der Waals surface area contributed by atoms with Gasteiger partial charge in [0, 0.05) is 19.2 Å². The quantitative estimate of drug-likeness (QED) is 0.864.